The number of carboxylic acid groups (broad SMARTS) is 1. The predicted octanol–water partition coefficient (Wildman–Crippen LogP) is 1.66. The van der Waals surface area contributed by atoms with Crippen LogP contribution in [0.1, 0.15) is 28.9 Å². The number of hydrogen-bond acceptors (Lipinski definition) is 3. The Kier molecular flexibility index (Phi) is 2.11. The van der Waals surface area contributed by atoms with Crippen LogP contribution in [0, 0.1) is 6.92 Å². The summed E-state index contributed by atoms with van der Waals surface area (Å²) in [6.45, 7) is 1.85. The van der Waals surface area contributed by atoms with Crippen LogP contribution >= 0.6 is 0 Å². The fraction of sp³-hybridized carbons (Fsp3) is 0.400. The van der Waals surface area contributed by atoms with Crippen molar-refractivity contribution in [3.05, 3.63) is 23.5 Å². The summed E-state index contributed by atoms with van der Waals surface area (Å²) in [4.78, 5) is 14.8. The lowest BCUT2D eigenvalue weighted by Gasteiger charge is -2.08. The maximum atomic E-state index is 10.9. The Morgan fingerprint density at radius 1 is 1.64 bits per heavy atom. The molecule has 4 heteroatoms. The minimum absolute atomic E-state index is 0.252. The molecule has 0 unspecified atom stereocenters. The van der Waals surface area contributed by atoms with Crippen molar-refractivity contribution in [2.75, 3.05) is 5.32 Å². The van der Waals surface area contributed by atoms with E-state index in [2.05, 4.69) is 10.3 Å². The largest absolute Gasteiger partial charge is 0.478 e. The molecule has 0 spiro atoms. The normalized spacial score (nSPS) is 15.2. The summed E-state index contributed by atoms with van der Waals surface area (Å²) in [7, 11) is 0. The van der Waals surface area contributed by atoms with Gasteiger partial charge in [0.25, 0.3) is 0 Å². The van der Waals surface area contributed by atoms with Crippen LogP contribution in [0.15, 0.2) is 12.3 Å². The van der Waals surface area contributed by atoms with Gasteiger partial charge in [-0.05, 0) is 25.8 Å². The molecule has 1 aliphatic carbocycles. The van der Waals surface area contributed by atoms with Crippen LogP contribution in [-0.4, -0.2) is 22.1 Å². The molecule has 1 fully saturated rings. The van der Waals surface area contributed by atoms with E-state index in [9.17, 15) is 4.79 Å². The summed E-state index contributed by atoms with van der Waals surface area (Å²) < 4.78 is 0. The zero-order valence-corrected chi connectivity index (χ0v) is 7.95. The maximum Gasteiger partial charge on any atom is 0.339 e. The van der Waals surface area contributed by atoms with Crippen molar-refractivity contribution in [2.24, 2.45) is 0 Å². The van der Waals surface area contributed by atoms with Gasteiger partial charge >= 0.3 is 5.97 Å². The van der Waals surface area contributed by atoms with Crippen molar-refractivity contribution in [1.29, 1.82) is 0 Å². The van der Waals surface area contributed by atoms with Crippen molar-refractivity contribution in [3.8, 4) is 0 Å². The molecule has 0 aromatic carbocycles. The number of hydrogen-bond donors (Lipinski definition) is 2. The number of aromatic carboxylic acids is 1. The van der Waals surface area contributed by atoms with Gasteiger partial charge in [0.05, 0.1) is 5.69 Å². The summed E-state index contributed by atoms with van der Waals surface area (Å²) in [6.07, 6.45) is 3.66. The van der Waals surface area contributed by atoms with E-state index in [0.29, 0.717) is 11.7 Å². The van der Waals surface area contributed by atoms with Crippen LogP contribution in [0.25, 0.3) is 0 Å². The third-order valence-corrected chi connectivity index (χ3v) is 2.21. The molecule has 1 heterocycles. The van der Waals surface area contributed by atoms with Gasteiger partial charge in [-0.25, -0.2) is 4.79 Å². The van der Waals surface area contributed by atoms with Gasteiger partial charge in [0.15, 0.2) is 0 Å². The summed E-state index contributed by atoms with van der Waals surface area (Å²) >= 11 is 0. The molecule has 2 N–H and O–H groups in total. The number of carboxylic acids is 1. The van der Waals surface area contributed by atoms with Crippen molar-refractivity contribution < 1.29 is 9.90 Å². The Balaban J connectivity index is 2.31. The average molecular weight is 192 g/mol. The molecule has 0 amide bonds. The van der Waals surface area contributed by atoms with Crippen molar-refractivity contribution >= 4 is 11.7 Å². The highest BCUT2D eigenvalue weighted by molar-refractivity contribution is 5.93. The van der Waals surface area contributed by atoms with Crippen LogP contribution in [0.5, 0.6) is 0 Å². The summed E-state index contributed by atoms with van der Waals surface area (Å²) in [5.74, 6) is -0.930. The molecule has 0 saturated heterocycles. The first-order valence-electron chi connectivity index (χ1n) is 4.63. The molecule has 1 aromatic rings. The third-order valence-electron chi connectivity index (χ3n) is 2.21. The summed E-state index contributed by atoms with van der Waals surface area (Å²) in [5.41, 5.74) is 1.77. The van der Waals surface area contributed by atoms with Crippen LogP contribution < -0.4 is 5.32 Å². The number of aryl methyl sites for hydroxylation is 1. The van der Waals surface area contributed by atoms with E-state index >= 15 is 0 Å². The molecule has 14 heavy (non-hydrogen) atoms. The molecule has 74 valence electrons. The number of rotatable bonds is 3. The monoisotopic (exact) mass is 192 g/mol. The molecule has 1 saturated carbocycles. The molecule has 0 atom stereocenters. The zero-order valence-electron chi connectivity index (χ0n) is 7.95. The Hall–Kier alpha value is -1.58. The van der Waals surface area contributed by atoms with E-state index in [1.807, 2.05) is 6.92 Å². The first-order chi connectivity index (χ1) is 6.66. The topological polar surface area (TPSA) is 62.2 Å². The van der Waals surface area contributed by atoms with Gasteiger partial charge in [-0.2, -0.15) is 0 Å². The van der Waals surface area contributed by atoms with Gasteiger partial charge in [0.1, 0.15) is 5.56 Å². The lowest BCUT2D eigenvalue weighted by atomic mass is 10.2. The highest BCUT2D eigenvalue weighted by Crippen LogP contribution is 2.26. The lowest BCUT2D eigenvalue weighted by molar-refractivity contribution is 0.0697. The summed E-state index contributed by atoms with van der Waals surface area (Å²) in [5, 5.41) is 12.1. The van der Waals surface area contributed by atoms with Crippen molar-refractivity contribution in [2.45, 2.75) is 25.8 Å². The zero-order chi connectivity index (χ0) is 10.1. The van der Waals surface area contributed by atoms with Gasteiger partial charge < -0.3 is 10.4 Å². The Bertz CT molecular complexity index is 372. The highest BCUT2D eigenvalue weighted by atomic mass is 16.4. The second-order valence-electron chi connectivity index (χ2n) is 3.60. The third kappa shape index (κ3) is 1.84. The quantitative estimate of drug-likeness (QED) is 0.764. The number of nitrogens with one attached hydrogen (secondary N) is 1. The van der Waals surface area contributed by atoms with E-state index in [1.165, 1.54) is 6.20 Å². The van der Waals surface area contributed by atoms with E-state index in [1.54, 1.807) is 6.07 Å². The summed E-state index contributed by atoms with van der Waals surface area (Å²) in [6, 6.07) is 2.23. The number of nitrogens with zero attached hydrogens (tertiary/aromatic N) is 1. The fourth-order valence-electron chi connectivity index (χ4n) is 1.30. The smallest absolute Gasteiger partial charge is 0.339 e. The van der Waals surface area contributed by atoms with Crippen molar-refractivity contribution in [1.82, 2.24) is 4.98 Å². The first kappa shape index (κ1) is 8.99. The van der Waals surface area contributed by atoms with E-state index in [4.69, 9.17) is 5.11 Å². The van der Waals surface area contributed by atoms with Crippen LogP contribution in [0.4, 0.5) is 5.69 Å². The molecular formula is C10H12N2O2. The number of aromatic nitrogens is 1. The van der Waals surface area contributed by atoms with Gasteiger partial charge in [-0.3, -0.25) is 4.98 Å². The van der Waals surface area contributed by atoms with Crippen LogP contribution in [0.2, 0.25) is 0 Å². The average Bonchev–Trinajstić information content (AvgIpc) is 2.87. The SMILES string of the molecule is Cc1cc(NC2CC2)c(C(=O)O)cn1. The minimum Gasteiger partial charge on any atom is -0.478 e. The molecule has 0 bridgehead atoms. The number of carbonyl (C=O) groups is 1. The predicted molar refractivity (Wildman–Crippen MR) is 52.6 cm³/mol. The second kappa shape index (κ2) is 3.29. The van der Waals surface area contributed by atoms with E-state index in [-0.39, 0.29) is 5.56 Å². The Morgan fingerprint density at radius 2 is 2.36 bits per heavy atom. The van der Waals surface area contributed by atoms with Gasteiger partial charge in [-0.1, -0.05) is 0 Å². The molecule has 4 nitrogen and oxygen atoms in total. The Morgan fingerprint density at radius 3 is 2.93 bits per heavy atom. The number of anilines is 1. The Labute approximate surface area is 82.0 Å². The second-order valence-corrected chi connectivity index (χ2v) is 3.60. The van der Waals surface area contributed by atoms with Crippen LogP contribution in [-0.2, 0) is 0 Å². The molecular weight excluding hydrogens is 180 g/mol. The van der Waals surface area contributed by atoms with Gasteiger partial charge in [0, 0.05) is 17.9 Å². The van der Waals surface area contributed by atoms with Gasteiger partial charge in [0.2, 0.25) is 0 Å². The minimum atomic E-state index is -0.930. The van der Waals surface area contributed by atoms with E-state index < -0.39 is 5.97 Å². The van der Waals surface area contributed by atoms with Crippen molar-refractivity contribution in [3.63, 3.8) is 0 Å². The van der Waals surface area contributed by atoms with Crippen LogP contribution in [0.3, 0.4) is 0 Å². The molecule has 1 aromatic heterocycles. The number of pyridine rings is 1. The van der Waals surface area contributed by atoms with Gasteiger partial charge in [-0.15, -0.1) is 0 Å². The fourth-order valence-corrected chi connectivity index (χ4v) is 1.30. The molecule has 2 rings (SSSR count). The van der Waals surface area contributed by atoms with E-state index in [0.717, 1.165) is 18.5 Å². The molecule has 0 aliphatic heterocycles. The lowest BCUT2D eigenvalue weighted by Crippen LogP contribution is -2.08. The first-order valence-corrected chi connectivity index (χ1v) is 4.63. The molecule has 0 radical (unpaired) electrons. The highest BCUT2D eigenvalue weighted by Gasteiger charge is 2.23. The molecule has 1 aliphatic rings. The standard InChI is InChI=1S/C10H12N2O2/c1-6-4-9(12-7-2-3-7)8(5-11-6)10(13)14/h4-5,7H,2-3H2,1H3,(H,11,12)(H,13,14). The maximum absolute atomic E-state index is 10.9.